The fourth-order valence-corrected chi connectivity index (χ4v) is 2.54. The van der Waals surface area contributed by atoms with E-state index in [9.17, 15) is 13.2 Å². The quantitative estimate of drug-likeness (QED) is 0.808. The van der Waals surface area contributed by atoms with Crippen molar-refractivity contribution in [1.82, 2.24) is 9.88 Å². The first-order chi connectivity index (χ1) is 8.11. The van der Waals surface area contributed by atoms with Crippen LogP contribution in [0.5, 0.6) is 0 Å². The molecule has 0 radical (unpaired) electrons. The lowest BCUT2D eigenvalue weighted by Gasteiger charge is -2.24. The highest BCUT2D eigenvalue weighted by Gasteiger charge is 2.26. The molecular formula is C12H11F3N2. The van der Waals surface area contributed by atoms with E-state index in [4.69, 9.17) is 0 Å². The summed E-state index contributed by atoms with van der Waals surface area (Å²) < 4.78 is 42.2. The van der Waals surface area contributed by atoms with E-state index in [1.54, 1.807) is 11.6 Å². The van der Waals surface area contributed by atoms with Crippen molar-refractivity contribution >= 4 is 10.9 Å². The van der Waals surface area contributed by atoms with Gasteiger partial charge in [-0.1, -0.05) is 0 Å². The van der Waals surface area contributed by atoms with Gasteiger partial charge in [0.15, 0.2) is 17.5 Å². The minimum atomic E-state index is -1.09. The minimum Gasteiger partial charge on any atom is -0.343 e. The molecule has 1 aliphatic heterocycles. The van der Waals surface area contributed by atoms with Gasteiger partial charge in [-0.2, -0.15) is 0 Å². The monoisotopic (exact) mass is 240 g/mol. The summed E-state index contributed by atoms with van der Waals surface area (Å²) >= 11 is 0. The smallest absolute Gasteiger partial charge is 0.171 e. The Morgan fingerprint density at radius 2 is 2.06 bits per heavy atom. The van der Waals surface area contributed by atoms with Gasteiger partial charge in [0.2, 0.25) is 0 Å². The van der Waals surface area contributed by atoms with Crippen molar-refractivity contribution in [1.29, 1.82) is 0 Å². The summed E-state index contributed by atoms with van der Waals surface area (Å²) in [6.07, 6.45) is 1.81. The molecule has 1 unspecified atom stereocenters. The van der Waals surface area contributed by atoms with E-state index in [-0.39, 0.29) is 11.4 Å². The van der Waals surface area contributed by atoms with Crippen LogP contribution in [0.25, 0.3) is 10.9 Å². The van der Waals surface area contributed by atoms with Gasteiger partial charge in [0, 0.05) is 18.8 Å². The molecule has 0 bridgehead atoms. The molecule has 1 aromatic heterocycles. The summed E-state index contributed by atoms with van der Waals surface area (Å²) in [6, 6.07) is 1.28. The molecule has 0 saturated heterocycles. The molecule has 90 valence electrons. The molecule has 1 aromatic carbocycles. The Hall–Kier alpha value is -1.49. The van der Waals surface area contributed by atoms with Crippen molar-refractivity contribution in [3.63, 3.8) is 0 Å². The van der Waals surface area contributed by atoms with Crippen LogP contribution in [-0.4, -0.2) is 17.7 Å². The van der Waals surface area contributed by atoms with Crippen LogP contribution in [0.3, 0.4) is 0 Å². The van der Waals surface area contributed by atoms with E-state index in [1.807, 2.05) is 0 Å². The molecule has 1 atom stereocenters. The molecule has 2 aromatic rings. The number of rotatable bonds is 1. The van der Waals surface area contributed by atoms with Gasteiger partial charge in [-0.15, -0.1) is 0 Å². The summed E-state index contributed by atoms with van der Waals surface area (Å²) in [6.45, 7) is 0.564. The zero-order chi connectivity index (χ0) is 12.2. The number of benzene rings is 1. The number of nitrogens with zero attached hydrogens (tertiary/aromatic N) is 1. The summed E-state index contributed by atoms with van der Waals surface area (Å²) in [5.74, 6) is -2.78. The first-order valence-electron chi connectivity index (χ1n) is 5.44. The van der Waals surface area contributed by atoms with Crippen molar-refractivity contribution in [2.45, 2.75) is 19.0 Å². The molecule has 2 heterocycles. The van der Waals surface area contributed by atoms with Crippen LogP contribution in [0.15, 0.2) is 12.3 Å². The van der Waals surface area contributed by atoms with Crippen molar-refractivity contribution in [3.05, 3.63) is 35.3 Å². The first kappa shape index (κ1) is 10.7. The summed E-state index contributed by atoms with van der Waals surface area (Å²) in [7, 11) is 1.80. The summed E-state index contributed by atoms with van der Waals surface area (Å²) in [5.41, 5.74) is 1.13. The van der Waals surface area contributed by atoms with Gasteiger partial charge < -0.3 is 9.88 Å². The van der Waals surface area contributed by atoms with E-state index in [2.05, 4.69) is 5.32 Å². The predicted molar refractivity (Wildman–Crippen MR) is 58.4 cm³/mol. The maximum Gasteiger partial charge on any atom is 0.171 e. The Balaban J connectivity index is 2.35. The molecule has 0 fully saturated rings. The van der Waals surface area contributed by atoms with Gasteiger partial charge in [-0.05, 0) is 25.1 Å². The Labute approximate surface area is 96.0 Å². The molecule has 0 spiro atoms. The Bertz CT molecular complexity index is 604. The lowest BCUT2D eigenvalue weighted by Crippen LogP contribution is -2.35. The standard InChI is InChI=1S/C12H11F3N2/c1-16-7-2-6-3-8(13)11(15)10-9(14)5-17(4-7)12(6)10/h3,5,7,16H,2,4H2,1H3. The third-order valence-corrected chi connectivity index (χ3v) is 3.36. The second kappa shape index (κ2) is 3.50. The average molecular weight is 240 g/mol. The zero-order valence-electron chi connectivity index (χ0n) is 9.23. The molecule has 1 N–H and O–H groups in total. The Morgan fingerprint density at radius 3 is 2.76 bits per heavy atom. The topological polar surface area (TPSA) is 17.0 Å². The minimum absolute atomic E-state index is 0.113. The summed E-state index contributed by atoms with van der Waals surface area (Å²) in [4.78, 5) is 0. The molecule has 0 amide bonds. The van der Waals surface area contributed by atoms with Gasteiger partial charge >= 0.3 is 0 Å². The van der Waals surface area contributed by atoms with Crippen LogP contribution in [0, 0.1) is 17.5 Å². The molecule has 0 saturated carbocycles. The van der Waals surface area contributed by atoms with Crippen LogP contribution < -0.4 is 5.32 Å². The summed E-state index contributed by atoms with van der Waals surface area (Å²) in [5, 5.41) is 2.84. The van der Waals surface area contributed by atoms with Crippen molar-refractivity contribution in [3.8, 4) is 0 Å². The van der Waals surface area contributed by atoms with Gasteiger partial charge in [-0.3, -0.25) is 0 Å². The van der Waals surface area contributed by atoms with E-state index in [1.165, 1.54) is 6.20 Å². The van der Waals surface area contributed by atoms with Crippen LogP contribution >= 0.6 is 0 Å². The largest absolute Gasteiger partial charge is 0.343 e. The maximum absolute atomic E-state index is 13.6. The number of likely N-dealkylation sites (N-methyl/N-ethyl adjacent to an activating group) is 1. The predicted octanol–water partition coefficient (Wildman–Crippen LogP) is 2.20. The second-order valence-corrected chi connectivity index (χ2v) is 4.37. The Kier molecular flexibility index (Phi) is 2.19. The third-order valence-electron chi connectivity index (χ3n) is 3.36. The van der Waals surface area contributed by atoms with Crippen molar-refractivity contribution in [2.75, 3.05) is 7.05 Å². The second-order valence-electron chi connectivity index (χ2n) is 4.37. The molecule has 2 nitrogen and oxygen atoms in total. The normalized spacial score (nSPS) is 18.9. The van der Waals surface area contributed by atoms with E-state index >= 15 is 0 Å². The molecule has 1 aliphatic rings. The van der Waals surface area contributed by atoms with Crippen LogP contribution in [-0.2, 0) is 13.0 Å². The SMILES string of the molecule is CNC1Cc2cc(F)c(F)c3c(F)cn(c23)C1. The van der Waals surface area contributed by atoms with Crippen LogP contribution in [0.4, 0.5) is 13.2 Å². The maximum atomic E-state index is 13.6. The van der Waals surface area contributed by atoms with Crippen LogP contribution in [0.2, 0.25) is 0 Å². The average Bonchev–Trinajstić information content (AvgIpc) is 2.63. The van der Waals surface area contributed by atoms with E-state index < -0.39 is 17.5 Å². The number of nitrogens with one attached hydrogen (secondary N) is 1. The molecule has 5 heteroatoms. The van der Waals surface area contributed by atoms with Crippen molar-refractivity contribution in [2.24, 2.45) is 0 Å². The van der Waals surface area contributed by atoms with Gasteiger partial charge in [0.1, 0.15) is 0 Å². The lowest BCUT2D eigenvalue weighted by molar-refractivity contribution is 0.464. The number of hydrogen-bond acceptors (Lipinski definition) is 1. The lowest BCUT2D eigenvalue weighted by atomic mass is 9.99. The highest BCUT2D eigenvalue weighted by molar-refractivity contribution is 5.85. The van der Waals surface area contributed by atoms with E-state index in [0.717, 1.165) is 6.07 Å². The third kappa shape index (κ3) is 1.38. The highest BCUT2D eigenvalue weighted by Crippen LogP contribution is 2.32. The first-order valence-corrected chi connectivity index (χ1v) is 5.44. The fraction of sp³-hybridized carbons (Fsp3) is 0.333. The highest BCUT2D eigenvalue weighted by atomic mass is 19.2. The number of hydrogen-bond donors (Lipinski definition) is 1. The number of halogens is 3. The zero-order valence-corrected chi connectivity index (χ0v) is 9.23. The molecule has 0 aliphatic carbocycles. The van der Waals surface area contributed by atoms with Gasteiger partial charge in [-0.25, -0.2) is 13.2 Å². The Morgan fingerprint density at radius 1 is 1.29 bits per heavy atom. The van der Waals surface area contributed by atoms with E-state index in [0.29, 0.717) is 24.0 Å². The molecule has 17 heavy (non-hydrogen) atoms. The molecular weight excluding hydrogens is 229 g/mol. The van der Waals surface area contributed by atoms with Gasteiger partial charge in [0.25, 0.3) is 0 Å². The fourth-order valence-electron chi connectivity index (χ4n) is 2.54. The molecule has 3 rings (SSSR count). The van der Waals surface area contributed by atoms with Gasteiger partial charge in [0.05, 0.1) is 10.9 Å². The van der Waals surface area contributed by atoms with Crippen molar-refractivity contribution < 1.29 is 13.2 Å². The number of aromatic nitrogens is 1. The van der Waals surface area contributed by atoms with Crippen LogP contribution in [0.1, 0.15) is 5.56 Å².